The van der Waals surface area contributed by atoms with E-state index in [1.54, 1.807) is 6.07 Å². The van der Waals surface area contributed by atoms with Crippen molar-refractivity contribution in [1.29, 1.82) is 0 Å². The normalized spacial score (nSPS) is 15.6. The lowest BCUT2D eigenvalue weighted by Gasteiger charge is -2.34. The number of benzene rings is 2. The van der Waals surface area contributed by atoms with E-state index >= 15 is 4.39 Å². The molecule has 5 aromatic rings. The third-order valence-electron chi connectivity index (χ3n) is 9.40. The Balaban J connectivity index is 0.874. The zero-order valence-electron chi connectivity index (χ0n) is 29.4. The summed E-state index contributed by atoms with van der Waals surface area (Å²) in [5, 5.41) is 9.98. The summed E-state index contributed by atoms with van der Waals surface area (Å²) in [5.74, 6) is 0.243. The fraction of sp³-hybridized carbons (Fsp3) is 0.368. The molecule has 0 radical (unpaired) electrons. The Morgan fingerprint density at radius 3 is 2.43 bits per heavy atom. The first kappa shape index (κ1) is 34.5. The van der Waals surface area contributed by atoms with Gasteiger partial charge in [0.2, 0.25) is 5.95 Å². The van der Waals surface area contributed by atoms with E-state index in [4.69, 9.17) is 0 Å². The van der Waals surface area contributed by atoms with Crippen LogP contribution in [0.15, 0.2) is 73.2 Å². The number of aromatic nitrogens is 5. The summed E-state index contributed by atoms with van der Waals surface area (Å²) in [6.07, 6.45) is 8.29. The lowest BCUT2D eigenvalue weighted by molar-refractivity contribution is 0.127. The molecule has 51 heavy (non-hydrogen) atoms. The second-order valence-electron chi connectivity index (χ2n) is 13.4. The van der Waals surface area contributed by atoms with E-state index in [1.165, 1.54) is 11.8 Å². The van der Waals surface area contributed by atoms with Crippen LogP contribution in [0.4, 0.5) is 31.9 Å². The zero-order chi connectivity index (χ0) is 35.3. The van der Waals surface area contributed by atoms with E-state index in [0.717, 1.165) is 82.9 Å². The molecule has 0 bridgehead atoms. The van der Waals surface area contributed by atoms with Crippen molar-refractivity contribution in [3.63, 3.8) is 0 Å². The fourth-order valence-electron chi connectivity index (χ4n) is 6.81. The summed E-state index contributed by atoms with van der Waals surface area (Å²) in [7, 11) is 0. The Kier molecular flexibility index (Phi) is 10.5. The van der Waals surface area contributed by atoms with Gasteiger partial charge in [-0.2, -0.15) is 0 Å². The molecule has 1 fully saturated rings. The molecule has 5 heterocycles. The number of imidazole rings is 1. The average Bonchev–Trinajstić information content (AvgIpc) is 3.49. The quantitative estimate of drug-likeness (QED) is 0.129. The fourth-order valence-corrected chi connectivity index (χ4v) is 6.81. The van der Waals surface area contributed by atoms with Crippen molar-refractivity contribution in [2.24, 2.45) is 0 Å². The Morgan fingerprint density at radius 1 is 0.902 bits per heavy atom. The summed E-state index contributed by atoms with van der Waals surface area (Å²) in [6.45, 7) is 14.5. The molecular weight excluding hydrogens is 648 g/mol. The summed E-state index contributed by atoms with van der Waals surface area (Å²) >= 11 is 0. The Bertz CT molecular complexity index is 1970. The molecule has 0 saturated carbocycles. The highest BCUT2D eigenvalue weighted by atomic mass is 19.1. The van der Waals surface area contributed by atoms with Gasteiger partial charge in [-0.1, -0.05) is 12.1 Å². The van der Waals surface area contributed by atoms with E-state index in [0.29, 0.717) is 22.7 Å². The third-order valence-corrected chi connectivity index (χ3v) is 9.40. The van der Waals surface area contributed by atoms with Gasteiger partial charge in [0.25, 0.3) is 0 Å². The SMILES string of the molecule is Cc1nc2c(F)cc(-c3nc(Nc4ccc(CN5CCN(CCCNc6ccc(N7C=CCNC7)cc6)CC5)cn4)ncc3F)cc2n1C(C)C. The van der Waals surface area contributed by atoms with Crippen LogP contribution in [0.2, 0.25) is 0 Å². The molecule has 11 nitrogen and oxygen atoms in total. The molecule has 1 saturated heterocycles. The van der Waals surface area contributed by atoms with Gasteiger partial charge in [-0.25, -0.2) is 28.7 Å². The molecule has 0 atom stereocenters. The van der Waals surface area contributed by atoms with E-state index in [2.05, 4.69) is 87.1 Å². The topological polar surface area (TPSA) is 102 Å². The lowest BCUT2D eigenvalue weighted by Crippen LogP contribution is -2.46. The highest BCUT2D eigenvalue weighted by molar-refractivity contribution is 5.83. The molecule has 2 aliphatic heterocycles. The summed E-state index contributed by atoms with van der Waals surface area (Å²) in [4.78, 5) is 24.6. The van der Waals surface area contributed by atoms with Crippen molar-refractivity contribution in [2.45, 2.75) is 39.8 Å². The van der Waals surface area contributed by atoms with Gasteiger partial charge >= 0.3 is 0 Å². The largest absolute Gasteiger partial charge is 0.385 e. The van der Waals surface area contributed by atoms with Gasteiger partial charge in [0.1, 0.15) is 22.9 Å². The third kappa shape index (κ3) is 8.16. The minimum absolute atomic E-state index is 0.00325. The van der Waals surface area contributed by atoms with Crippen LogP contribution in [-0.2, 0) is 6.54 Å². The molecule has 0 aliphatic carbocycles. The van der Waals surface area contributed by atoms with Gasteiger partial charge in [0, 0.05) is 81.2 Å². The monoisotopic (exact) mass is 693 g/mol. The molecule has 0 spiro atoms. The number of pyridine rings is 1. The Morgan fingerprint density at radius 2 is 1.71 bits per heavy atom. The number of hydrogen-bond acceptors (Lipinski definition) is 10. The van der Waals surface area contributed by atoms with Crippen LogP contribution in [-0.4, -0.2) is 86.8 Å². The smallest absolute Gasteiger partial charge is 0.229 e. The van der Waals surface area contributed by atoms with E-state index in [1.807, 2.05) is 43.7 Å². The average molecular weight is 694 g/mol. The van der Waals surface area contributed by atoms with Gasteiger partial charge in [0.05, 0.1) is 18.4 Å². The summed E-state index contributed by atoms with van der Waals surface area (Å²) in [5.41, 5.74) is 4.62. The number of anilines is 4. The minimum atomic E-state index is -0.642. The molecule has 2 aromatic carbocycles. The maximum absolute atomic E-state index is 15.1. The van der Waals surface area contributed by atoms with Crippen molar-refractivity contribution < 1.29 is 8.78 Å². The van der Waals surface area contributed by atoms with E-state index < -0.39 is 11.6 Å². The van der Waals surface area contributed by atoms with Crippen molar-refractivity contribution in [2.75, 3.05) is 68.0 Å². The van der Waals surface area contributed by atoms with Gasteiger partial charge in [-0.3, -0.25) is 10.2 Å². The van der Waals surface area contributed by atoms with E-state index in [9.17, 15) is 4.39 Å². The van der Waals surface area contributed by atoms with Crippen LogP contribution in [0.25, 0.3) is 22.3 Å². The second kappa shape index (κ2) is 15.5. The number of aryl methyl sites for hydroxylation is 1. The predicted molar refractivity (Wildman–Crippen MR) is 199 cm³/mol. The predicted octanol–water partition coefficient (Wildman–Crippen LogP) is 6.30. The van der Waals surface area contributed by atoms with Crippen LogP contribution in [0.3, 0.4) is 0 Å². The molecule has 266 valence electrons. The number of fused-ring (bicyclic) bond motifs is 1. The summed E-state index contributed by atoms with van der Waals surface area (Å²) < 4.78 is 32.0. The van der Waals surface area contributed by atoms with Crippen LogP contribution in [0.5, 0.6) is 0 Å². The number of rotatable bonds is 12. The lowest BCUT2D eigenvalue weighted by atomic mass is 10.1. The molecule has 3 N–H and O–H groups in total. The van der Waals surface area contributed by atoms with Gasteiger partial charge in [-0.05, 0) is 81.8 Å². The first-order valence-electron chi connectivity index (χ1n) is 17.7. The Labute approximate surface area is 297 Å². The van der Waals surface area contributed by atoms with Crippen LogP contribution in [0.1, 0.15) is 37.7 Å². The first-order chi connectivity index (χ1) is 24.8. The van der Waals surface area contributed by atoms with Crippen LogP contribution < -0.4 is 20.9 Å². The molecule has 13 heteroatoms. The van der Waals surface area contributed by atoms with Gasteiger partial charge in [-0.15, -0.1) is 0 Å². The Hall–Kier alpha value is -4.98. The van der Waals surface area contributed by atoms with Crippen LogP contribution in [0, 0.1) is 18.6 Å². The van der Waals surface area contributed by atoms with Crippen molar-refractivity contribution in [3.8, 4) is 11.3 Å². The number of halogens is 2. The van der Waals surface area contributed by atoms with Crippen molar-refractivity contribution in [1.82, 2.24) is 39.6 Å². The number of hydrogen-bond donors (Lipinski definition) is 3. The molecular formula is C38H45F2N11. The maximum Gasteiger partial charge on any atom is 0.229 e. The zero-order valence-corrected chi connectivity index (χ0v) is 29.4. The standard InChI is InChI=1S/C38H45F2N11/c1-26(2)51-27(3)45-37-32(39)20-29(21-34(37)51)36-33(40)23-44-38(47-36)46-35-11-6-28(22-43-35)24-49-18-16-48(17-19-49)14-5-13-42-30-7-9-31(10-8-30)50-15-4-12-41-25-50/h4,6-11,15,20-23,26,41-42H,5,12-14,16-19,24-25H2,1-3H3,(H,43,44,46,47). The van der Waals surface area contributed by atoms with Gasteiger partial charge in [0.15, 0.2) is 11.6 Å². The second-order valence-corrected chi connectivity index (χ2v) is 13.4. The molecule has 0 unspecified atom stereocenters. The highest BCUT2D eigenvalue weighted by Crippen LogP contribution is 2.30. The minimum Gasteiger partial charge on any atom is -0.385 e. The summed E-state index contributed by atoms with van der Waals surface area (Å²) in [6, 6.07) is 15.6. The molecule has 2 aliphatic rings. The number of piperazine rings is 1. The number of nitrogens with zero attached hydrogens (tertiary/aromatic N) is 8. The van der Waals surface area contributed by atoms with Crippen molar-refractivity contribution in [3.05, 3.63) is 96.2 Å². The van der Waals surface area contributed by atoms with Crippen LogP contribution >= 0.6 is 0 Å². The molecule has 3 aromatic heterocycles. The van der Waals surface area contributed by atoms with Gasteiger partial charge < -0.3 is 25.0 Å². The highest BCUT2D eigenvalue weighted by Gasteiger charge is 2.20. The number of nitrogens with one attached hydrogen (secondary N) is 3. The maximum atomic E-state index is 15.1. The molecule has 7 rings (SSSR count). The van der Waals surface area contributed by atoms with E-state index in [-0.39, 0.29) is 23.2 Å². The first-order valence-corrected chi connectivity index (χ1v) is 17.7. The molecule has 0 amide bonds. The van der Waals surface area contributed by atoms with Crippen molar-refractivity contribution >= 4 is 34.2 Å².